The lowest BCUT2D eigenvalue weighted by atomic mass is 10.1. The summed E-state index contributed by atoms with van der Waals surface area (Å²) in [5.41, 5.74) is 0. The SMILES string of the molecule is CCC=CCCCCCCO. The van der Waals surface area contributed by atoms with Crippen LogP contribution in [-0.2, 0) is 0 Å². The standard InChI is InChI=1S/C10H20O/c1-2-3-4-5-6-7-8-9-10-11/h3-4,11H,2,5-10H2,1H3. The van der Waals surface area contributed by atoms with E-state index in [1.54, 1.807) is 0 Å². The van der Waals surface area contributed by atoms with Crippen molar-refractivity contribution in [2.45, 2.75) is 45.4 Å². The molecule has 0 fully saturated rings. The van der Waals surface area contributed by atoms with Crippen molar-refractivity contribution in [2.24, 2.45) is 0 Å². The average molecular weight is 156 g/mol. The van der Waals surface area contributed by atoms with Gasteiger partial charge in [0.15, 0.2) is 0 Å². The van der Waals surface area contributed by atoms with E-state index in [0.29, 0.717) is 6.61 Å². The zero-order valence-corrected chi connectivity index (χ0v) is 7.55. The van der Waals surface area contributed by atoms with Gasteiger partial charge in [-0.15, -0.1) is 0 Å². The second-order valence-corrected chi connectivity index (χ2v) is 2.81. The Bertz CT molecular complexity index is 86.9. The molecule has 0 aromatic rings. The van der Waals surface area contributed by atoms with Gasteiger partial charge in [-0.1, -0.05) is 31.9 Å². The molecule has 0 aromatic heterocycles. The monoisotopic (exact) mass is 156 g/mol. The van der Waals surface area contributed by atoms with Gasteiger partial charge in [0.2, 0.25) is 0 Å². The molecule has 11 heavy (non-hydrogen) atoms. The molecule has 0 atom stereocenters. The van der Waals surface area contributed by atoms with Crippen LogP contribution < -0.4 is 0 Å². The van der Waals surface area contributed by atoms with Crippen molar-refractivity contribution in [3.05, 3.63) is 12.2 Å². The van der Waals surface area contributed by atoms with E-state index in [0.717, 1.165) is 12.8 Å². The lowest BCUT2D eigenvalue weighted by Crippen LogP contribution is -1.82. The van der Waals surface area contributed by atoms with E-state index in [4.69, 9.17) is 5.11 Å². The lowest BCUT2D eigenvalue weighted by molar-refractivity contribution is 0.282. The molecule has 0 bridgehead atoms. The quantitative estimate of drug-likeness (QED) is 0.444. The van der Waals surface area contributed by atoms with Gasteiger partial charge in [0.05, 0.1) is 0 Å². The zero-order valence-electron chi connectivity index (χ0n) is 7.55. The molecule has 0 heterocycles. The molecule has 0 aliphatic rings. The predicted octanol–water partition coefficient (Wildman–Crippen LogP) is 2.90. The third-order valence-corrected chi connectivity index (χ3v) is 1.68. The number of rotatable bonds is 7. The highest BCUT2D eigenvalue weighted by Gasteiger charge is 1.85. The average Bonchev–Trinajstić information content (AvgIpc) is 2.03. The first-order valence-electron chi connectivity index (χ1n) is 4.67. The van der Waals surface area contributed by atoms with Crippen molar-refractivity contribution < 1.29 is 5.11 Å². The Kier molecular flexibility index (Phi) is 9.44. The number of hydrogen-bond acceptors (Lipinski definition) is 1. The van der Waals surface area contributed by atoms with Crippen molar-refractivity contribution in [3.8, 4) is 0 Å². The fraction of sp³-hybridized carbons (Fsp3) is 0.800. The van der Waals surface area contributed by atoms with Gasteiger partial charge in [-0.2, -0.15) is 0 Å². The van der Waals surface area contributed by atoms with Gasteiger partial charge in [-0.3, -0.25) is 0 Å². The number of aliphatic hydroxyl groups excluding tert-OH is 1. The highest BCUT2D eigenvalue weighted by molar-refractivity contribution is 4.79. The Morgan fingerprint density at radius 3 is 2.36 bits per heavy atom. The molecule has 0 aliphatic carbocycles. The Balaban J connectivity index is 2.85. The summed E-state index contributed by atoms with van der Waals surface area (Å²) in [6, 6.07) is 0. The van der Waals surface area contributed by atoms with Crippen LogP contribution in [0.25, 0.3) is 0 Å². The molecule has 0 amide bonds. The van der Waals surface area contributed by atoms with E-state index in [-0.39, 0.29) is 0 Å². The van der Waals surface area contributed by atoms with Crippen LogP contribution in [0.15, 0.2) is 12.2 Å². The maximum atomic E-state index is 8.49. The van der Waals surface area contributed by atoms with E-state index in [1.807, 2.05) is 0 Å². The van der Waals surface area contributed by atoms with Gasteiger partial charge in [0.1, 0.15) is 0 Å². The molecule has 0 saturated carbocycles. The van der Waals surface area contributed by atoms with Crippen molar-refractivity contribution in [1.29, 1.82) is 0 Å². The van der Waals surface area contributed by atoms with Crippen LogP contribution >= 0.6 is 0 Å². The molecule has 0 rings (SSSR count). The minimum Gasteiger partial charge on any atom is -0.396 e. The van der Waals surface area contributed by atoms with Gasteiger partial charge in [-0.05, 0) is 25.7 Å². The lowest BCUT2D eigenvalue weighted by Gasteiger charge is -1.95. The predicted molar refractivity (Wildman–Crippen MR) is 49.6 cm³/mol. The van der Waals surface area contributed by atoms with E-state index in [1.165, 1.54) is 25.7 Å². The summed E-state index contributed by atoms with van der Waals surface area (Å²) >= 11 is 0. The molecule has 0 unspecified atom stereocenters. The van der Waals surface area contributed by atoms with Crippen molar-refractivity contribution in [3.63, 3.8) is 0 Å². The smallest absolute Gasteiger partial charge is 0.0431 e. The maximum absolute atomic E-state index is 8.49. The number of aliphatic hydroxyl groups is 1. The molecule has 1 nitrogen and oxygen atoms in total. The normalized spacial score (nSPS) is 11.1. The van der Waals surface area contributed by atoms with Crippen LogP contribution in [0.5, 0.6) is 0 Å². The fourth-order valence-electron chi connectivity index (χ4n) is 1.01. The molecule has 1 N–H and O–H groups in total. The molecule has 0 aliphatic heterocycles. The molecular formula is C10H20O. The third-order valence-electron chi connectivity index (χ3n) is 1.68. The maximum Gasteiger partial charge on any atom is 0.0431 e. The van der Waals surface area contributed by atoms with Crippen LogP contribution in [0.1, 0.15) is 45.4 Å². The van der Waals surface area contributed by atoms with Crippen LogP contribution in [0.4, 0.5) is 0 Å². The molecule has 1 heteroatoms. The van der Waals surface area contributed by atoms with Crippen LogP contribution in [-0.4, -0.2) is 11.7 Å². The van der Waals surface area contributed by atoms with Crippen molar-refractivity contribution in [2.75, 3.05) is 6.61 Å². The van der Waals surface area contributed by atoms with Gasteiger partial charge >= 0.3 is 0 Å². The van der Waals surface area contributed by atoms with E-state index in [9.17, 15) is 0 Å². The summed E-state index contributed by atoms with van der Waals surface area (Å²) in [6.07, 6.45) is 11.5. The first-order valence-corrected chi connectivity index (χ1v) is 4.67. The van der Waals surface area contributed by atoms with E-state index < -0.39 is 0 Å². The van der Waals surface area contributed by atoms with Crippen molar-refractivity contribution in [1.82, 2.24) is 0 Å². The Morgan fingerprint density at radius 2 is 1.73 bits per heavy atom. The first-order chi connectivity index (χ1) is 5.41. The Labute approximate surface area is 70.1 Å². The van der Waals surface area contributed by atoms with E-state index in [2.05, 4.69) is 19.1 Å². The first kappa shape index (κ1) is 10.7. The topological polar surface area (TPSA) is 20.2 Å². The molecular weight excluding hydrogens is 136 g/mol. The third kappa shape index (κ3) is 9.70. The van der Waals surface area contributed by atoms with Gasteiger partial charge < -0.3 is 5.11 Å². The van der Waals surface area contributed by atoms with Gasteiger partial charge in [-0.25, -0.2) is 0 Å². The van der Waals surface area contributed by atoms with Crippen LogP contribution in [0, 0.1) is 0 Å². The van der Waals surface area contributed by atoms with Gasteiger partial charge in [0.25, 0.3) is 0 Å². The summed E-state index contributed by atoms with van der Waals surface area (Å²) < 4.78 is 0. The molecule has 0 saturated heterocycles. The van der Waals surface area contributed by atoms with Crippen LogP contribution in [0.2, 0.25) is 0 Å². The minimum absolute atomic E-state index is 0.352. The molecule has 0 spiro atoms. The minimum atomic E-state index is 0.352. The second kappa shape index (κ2) is 9.70. The van der Waals surface area contributed by atoms with E-state index >= 15 is 0 Å². The summed E-state index contributed by atoms with van der Waals surface area (Å²) in [6.45, 7) is 2.51. The summed E-state index contributed by atoms with van der Waals surface area (Å²) in [5, 5.41) is 8.49. The zero-order chi connectivity index (χ0) is 8.36. The molecule has 66 valence electrons. The fourth-order valence-corrected chi connectivity index (χ4v) is 1.01. The Morgan fingerprint density at radius 1 is 1.00 bits per heavy atom. The highest BCUT2D eigenvalue weighted by atomic mass is 16.2. The number of unbranched alkanes of at least 4 members (excludes halogenated alkanes) is 4. The number of hydrogen-bond donors (Lipinski definition) is 1. The van der Waals surface area contributed by atoms with Crippen molar-refractivity contribution >= 4 is 0 Å². The second-order valence-electron chi connectivity index (χ2n) is 2.81. The highest BCUT2D eigenvalue weighted by Crippen LogP contribution is 2.03. The molecule has 0 radical (unpaired) electrons. The summed E-state index contributed by atoms with van der Waals surface area (Å²) in [7, 11) is 0. The van der Waals surface area contributed by atoms with Gasteiger partial charge in [0, 0.05) is 6.61 Å². The van der Waals surface area contributed by atoms with Crippen LogP contribution in [0.3, 0.4) is 0 Å². The molecule has 0 aromatic carbocycles. The Hall–Kier alpha value is -0.300. The summed E-state index contributed by atoms with van der Waals surface area (Å²) in [4.78, 5) is 0. The largest absolute Gasteiger partial charge is 0.396 e. The number of allylic oxidation sites excluding steroid dienone is 2. The summed E-state index contributed by atoms with van der Waals surface area (Å²) in [5.74, 6) is 0.